The molecule has 0 aliphatic carbocycles. The monoisotopic (exact) mass is 416 g/mol. The Morgan fingerprint density at radius 1 is 1.17 bits per heavy atom. The highest BCUT2D eigenvalue weighted by Gasteiger charge is 2.23. The topological polar surface area (TPSA) is 124 Å². The quantitative estimate of drug-likeness (QED) is 0.572. The molecule has 0 saturated carbocycles. The third kappa shape index (κ3) is 4.37. The standard InChI is InChI=1S/C19H20N4O5S/c1-3-29(26,27)23(13-8-10-14(28-2)11-9-13)12-17(24)21-22-18-15-6-4-5-7-16(15)20-19(18)25/h4-11,20,25H,3,12H2,1-2H3. The van der Waals surface area contributed by atoms with Crippen molar-refractivity contribution in [2.75, 3.05) is 23.7 Å². The number of ether oxygens (including phenoxy) is 1. The predicted octanol–water partition coefficient (Wildman–Crippen LogP) is 3.35. The number of fused-ring (bicyclic) bond motifs is 1. The molecule has 0 radical (unpaired) electrons. The first-order chi connectivity index (χ1) is 13.9. The van der Waals surface area contributed by atoms with Crippen LogP contribution in [0, 0.1) is 0 Å². The number of carbonyl (C=O) groups excluding carboxylic acids is 1. The average molecular weight is 416 g/mol. The Labute approximate surface area is 167 Å². The number of azo groups is 1. The molecular weight excluding hydrogens is 396 g/mol. The number of aromatic hydroxyl groups is 1. The first-order valence-corrected chi connectivity index (χ1v) is 10.4. The number of aromatic amines is 1. The Morgan fingerprint density at radius 3 is 2.52 bits per heavy atom. The van der Waals surface area contributed by atoms with E-state index in [9.17, 15) is 18.3 Å². The van der Waals surface area contributed by atoms with Crippen molar-refractivity contribution in [2.24, 2.45) is 10.2 Å². The summed E-state index contributed by atoms with van der Waals surface area (Å²) in [5.41, 5.74) is 1.06. The molecule has 0 fully saturated rings. The number of rotatable bonds is 7. The number of anilines is 1. The SMILES string of the molecule is CCS(=O)(=O)N(CC(=O)N=Nc1c(O)[nH]c2ccccc12)c1ccc(OC)cc1. The Bertz CT molecular complexity index is 1150. The number of aromatic nitrogens is 1. The van der Waals surface area contributed by atoms with Crippen molar-refractivity contribution in [1.82, 2.24) is 4.98 Å². The molecule has 3 aromatic rings. The van der Waals surface area contributed by atoms with Crippen molar-refractivity contribution in [3.05, 3.63) is 48.5 Å². The minimum atomic E-state index is -3.73. The summed E-state index contributed by atoms with van der Waals surface area (Å²) >= 11 is 0. The summed E-state index contributed by atoms with van der Waals surface area (Å²) in [4.78, 5) is 15.1. The molecule has 0 aliphatic heterocycles. The van der Waals surface area contributed by atoms with Gasteiger partial charge in [0.05, 0.1) is 24.1 Å². The summed E-state index contributed by atoms with van der Waals surface area (Å²) in [6, 6.07) is 13.3. The van der Waals surface area contributed by atoms with Crippen LogP contribution in [-0.2, 0) is 14.8 Å². The van der Waals surface area contributed by atoms with Gasteiger partial charge < -0.3 is 14.8 Å². The van der Waals surface area contributed by atoms with Crippen LogP contribution in [-0.4, -0.2) is 43.8 Å². The molecule has 1 heterocycles. The highest BCUT2D eigenvalue weighted by molar-refractivity contribution is 7.92. The normalized spacial score (nSPS) is 11.8. The lowest BCUT2D eigenvalue weighted by Crippen LogP contribution is -2.36. The number of H-pyrrole nitrogens is 1. The van der Waals surface area contributed by atoms with E-state index in [4.69, 9.17) is 4.74 Å². The van der Waals surface area contributed by atoms with E-state index >= 15 is 0 Å². The zero-order valence-corrected chi connectivity index (χ0v) is 16.7. The zero-order chi connectivity index (χ0) is 21.0. The van der Waals surface area contributed by atoms with E-state index in [1.165, 1.54) is 14.0 Å². The number of hydrogen-bond acceptors (Lipinski definition) is 6. The van der Waals surface area contributed by atoms with Gasteiger partial charge in [-0.1, -0.05) is 18.2 Å². The molecule has 1 amide bonds. The van der Waals surface area contributed by atoms with Crippen molar-refractivity contribution >= 4 is 38.2 Å². The number of hydrogen-bond donors (Lipinski definition) is 2. The summed E-state index contributed by atoms with van der Waals surface area (Å²) in [5.74, 6) is -0.631. The summed E-state index contributed by atoms with van der Waals surface area (Å²) in [7, 11) is -2.23. The first kappa shape index (κ1) is 20.3. The third-order valence-electron chi connectivity index (χ3n) is 4.26. The highest BCUT2D eigenvalue weighted by Crippen LogP contribution is 2.35. The van der Waals surface area contributed by atoms with Crippen LogP contribution in [0.2, 0.25) is 0 Å². The van der Waals surface area contributed by atoms with E-state index in [2.05, 4.69) is 15.2 Å². The molecule has 0 unspecified atom stereocenters. The van der Waals surface area contributed by atoms with Gasteiger partial charge in [-0.3, -0.25) is 9.10 Å². The van der Waals surface area contributed by atoms with Crippen molar-refractivity contribution in [3.8, 4) is 11.6 Å². The van der Waals surface area contributed by atoms with Gasteiger partial charge >= 0.3 is 0 Å². The number of carbonyl (C=O) groups is 1. The van der Waals surface area contributed by atoms with Crippen LogP contribution in [0.15, 0.2) is 58.8 Å². The van der Waals surface area contributed by atoms with Crippen molar-refractivity contribution in [2.45, 2.75) is 6.92 Å². The van der Waals surface area contributed by atoms with Crippen LogP contribution in [0.1, 0.15) is 6.92 Å². The number of benzene rings is 2. The second-order valence-corrected chi connectivity index (χ2v) is 8.25. The van der Waals surface area contributed by atoms with Gasteiger partial charge in [-0.05, 0) is 37.3 Å². The molecular formula is C19H20N4O5S. The number of para-hydroxylation sites is 1. The lowest BCUT2D eigenvalue weighted by Gasteiger charge is -2.22. The van der Waals surface area contributed by atoms with Gasteiger partial charge in [0.15, 0.2) is 5.69 Å². The molecule has 0 spiro atoms. The largest absolute Gasteiger partial charge is 0.497 e. The zero-order valence-electron chi connectivity index (χ0n) is 15.9. The number of methoxy groups -OCH3 is 1. The third-order valence-corrected chi connectivity index (χ3v) is 6.00. The molecule has 3 rings (SSSR count). The lowest BCUT2D eigenvalue weighted by atomic mass is 10.2. The Hall–Kier alpha value is -3.40. The first-order valence-electron chi connectivity index (χ1n) is 8.74. The molecule has 0 atom stereocenters. The maximum absolute atomic E-state index is 12.5. The lowest BCUT2D eigenvalue weighted by molar-refractivity contribution is -0.116. The fraction of sp³-hybridized carbons (Fsp3) is 0.211. The van der Waals surface area contributed by atoms with Crippen LogP contribution in [0.3, 0.4) is 0 Å². The molecule has 0 bridgehead atoms. The minimum absolute atomic E-state index is 0.114. The molecule has 2 aromatic carbocycles. The minimum Gasteiger partial charge on any atom is -0.497 e. The van der Waals surface area contributed by atoms with Crippen LogP contribution < -0.4 is 9.04 Å². The van der Waals surface area contributed by atoms with Gasteiger partial charge in [0.2, 0.25) is 15.9 Å². The highest BCUT2D eigenvalue weighted by atomic mass is 32.2. The van der Waals surface area contributed by atoms with Gasteiger partial charge in [-0.25, -0.2) is 8.42 Å². The number of nitrogens with one attached hydrogen (secondary N) is 1. The molecule has 9 nitrogen and oxygen atoms in total. The van der Waals surface area contributed by atoms with Gasteiger partial charge in [0.25, 0.3) is 5.91 Å². The molecule has 10 heteroatoms. The number of amides is 1. The molecule has 152 valence electrons. The van der Waals surface area contributed by atoms with E-state index < -0.39 is 22.5 Å². The predicted molar refractivity (Wildman–Crippen MR) is 109 cm³/mol. The molecule has 0 saturated heterocycles. The molecule has 0 aliphatic rings. The summed E-state index contributed by atoms with van der Waals surface area (Å²) in [5, 5.41) is 18.0. The van der Waals surface area contributed by atoms with E-state index in [0.29, 0.717) is 22.3 Å². The van der Waals surface area contributed by atoms with E-state index in [-0.39, 0.29) is 17.3 Å². The van der Waals surface area contributed by atoms with Gasteiger partial charge in [-0.2, -0.15) is 0 Å². The summed E-state index contributed by atoms with van der Waals surface area (Å²) in [6.45, 7) is 0.969. The van der Waals surface area contributed by atoms with E-state index in [0.717, 1.165) is 4.31 Å². The number of sulfonamides is 1. The molecule has 1 aromatic heterocycles. The Kier molecular flexibility index (Phi) is 5.83. The van der Waals surface area contributed by atoms with Crippen molar-refractivity contribution in [1.29, 1.82) is 0 Å². The fourth-order valence-electron chi connectivity index (χ4n) is 2.73. The van der Waals surface area contributed by atoms with Gasteiger partial charge in [0.1, 0.15) is 12.3 Å². The van der Waals surface area contributed by atoms with Crippen LogP contribution in [0.5, 0.6) is 11.6 Å². The summed E-state index contributed by atoms with van der Waals surface area (Å²) in [6.07, 6.45) is 0. The van der Waals surface area contributed by atoms with Crippen molar-refractivity contribution < 1.29 is 23.1 Å². The van der Waals surface area contributed by atoms with E-state index in [1.807, 2.05) is 0 Å². The summed E-state index contributed by atoms with van der Waals surface area (Å²) < 4.78 is 31.0. The van der Waals surface area contributed by atoms with Gasteiger partial charge in [0, 0.05) is 5.39 Å². The Morgan fingerprint density at radius 2 is 1.86 bits per heavy atom. The fourth-order valence-corrected chi connectivity index (χ4v) is 3.79. The van der Waals surface area contributed by atoms with Crippen LogP contribution >= 0.6 is 0 Å². The smallest absolute Gasteiger partial charge is 0.285 e. The van der Waals surface area contributed by atoms with Crippen molar-refractivity contribution in [3.63, 3.8) is 0 Å². The second-order valence-electron chi connectivity index (χ2n) is 6.07. The second kappa shape index (κ2) is 8.31. The number of nitrogens with zero attached hydrogens (tertiary/aromatic N) is 3. The van der Waals surface area contributed by atoms with Crippen LogP contribution in [0.4, 0.5) is 11.4 Å². The Balaban J connectivity index is 1.86. The molecule has 29 heavy (non-hydrogen) atoms. The maximum Gasteiger partial charge on any atom is 0.285 e. The maximum atomic E-state index is 12.5. The van der Waals surface area contributed by atoms with Gasteiger partial charge in [-0.15, -0.1) is 10.2 Å². The molecule has 2 N–H and O–H groups in total. The van der Waals surface area contributed by atoms with E-state index in [1.54, 1.807) is 48.5 Å². The van der Waals surface area contributed by atoms with Crippen LogP contribution in [0.25, 0.3) is 10.9 Å². The average Bonchev–Trinajstić information content (AvgIpc) is 3.05.